The van der Waals surface area contributed by atoms with Gasteiger partial charge in [-0.3, -0.25) is 9.48 Å². The number of carbonyl (C=O) groups excluding carboxylic acids is 1. The fourth-order valence-electron chi connectivity index (χ4n) is 2.03. The maximum absolute atomic E-state index is 12.2. The zero-order valence-corrected chi connectivity index (χ0v) is 12.2. The second-order valence-corrected chi connectivity index (χ2v) is 4.25. The van der Waals surface area contributed by atoms with Gasteiger partial charge in [0.25, 0.3) is 0 Å². The molecule has 2 rings (SSSR count). The molecule has 1 aromatic heterocycles. The SMILES string of the molecule is CC(C(=O)N1CCNC[C@H]1C)n1cccn1.Cl.Cl. The monoisotopic (exact) mass is 294 g/mol. The van der Waals surface area contributed by atoms with E-state index in [1.807, 2.05) is 24.1 Å². The summed E-state index contributed by atoms with van der Waals surface area (Å²) < 4.78 is 1.71. The number of aromatic nitrogens is 2. The van der Waals surface area contributed by atoms with Gasteiger partial charge in [0.05, 0.1) is 0 Å². The highest BCUT2D eigenvalue weighted by molar-refractivity contribution is 5.85. The van der Waals surface area contributed by atoms with Crippen LogP contribution in [0.15, 0.2) is 18.5 Å². The highest BCUT2D eigenvalue weighted by atomic mass is 35.5. The molecule has 0 aliphatic carbocycles. The first kappa shape index (κ1) is 17.2. The fraction of sp³-hybridized carbons (Fsp3) is 0.636. The van der Waals surface area contributed by atoms with E-state index in [2.05, 4.69) is 17.3 Å². The van der Waals surface area contributed by atoms with E-state index in [-0.39, 0.29) is 42.8 Å². The van der Waals surface area contributed by atoms with E-state index in [1.165, 1.54) is 0 Å². The molecule has 104 valence electrons. The summed E-state index contributed by atoms with van der Waals surface area (Å²) in [5.41, 5.74) is 0. The van der Waals surface area contributed by atoms with Crippen molar-refractivity contribution in [1.82, 2.24) is 20.0 Å². The van der Waals surface area contributed by atoms with E-state index in [9.17, 15) is 4.79 Å². The summed E-state index contributed by atoms with van der Waals surface area (Å²) in [4.78, 5) is 14.2. The van der Waals surface area contributed by atoms with Gasteiger partial charge < -0.3 is 10.2 Å². The molecule has 5 nitrogen and oxygen atoms in total. The normalized spacial score (nSPS) is 20.6. The van der Waals surface area contributed by atoms with Gasteiger partial charge in [0.1, 0.15) is 6.04 Å². The van der Waals surface area contributed by atoms with Gasteiger partial charge in [-0.2, -0.15) is 5.10 Å². The first-order chi connectivity index (χ1) is 7.70. The molecule has 1 fully saturated rings. The summed E-state index contributed by atoms with van der Waals surface area (Å²) in [6.45, 7) is 6.50. The molecule has 1 unspecified atom stereocenters. The van der Waals surface area contributed by atoms with E-state index < -0.39 is 0 Å². The third-order valence-corrected chi connectivity index (χ3v) is 3.06. The van der Waals surface area contributed by atoms with Crippen LogP contribution in [0, 0.1) is 0 Å². The number of halogens is 2. The maximum Gasteiger partial charge on any atom is 0.247 e. The van der Waals surface area contributed by atoms with Crippen molar-refractivity contribution in [2.75, 3.05) is 19.6 Å². The minimum Gasteiger partial charge on any atom is -0.336 e. The third-order valence-electron chi connectivity index (χ3n) is 3.06. The quantitative estimate of drug-likeness (QED) is 0.889. The summed E-state index contributed by atoms with van der Waals surface area (Å²) in [5.74, 6) is 0.151. The van der Waals surface area contributed by atoms with Crippen LogP contribution in [0.25, 0.3) is 0 Å². The van der Waals surface area contributed by atoms with Gasteiger partial charge in [-0.1, -0.05) is 0 Å². The minimum atomic E-state index is -0.212. The Hall–Kier alpha value is -0.780. The molecular weight excluding hydrogens is 275 g/mol. The number of nitrogens with one attached hydrogen (secondary N) is 1. The van der Waals surface area contributed by atoms with Crippen molar-refractivity contribution in [2.45, 2.75) is 25.9 Å². The van der Waals surface area contributed by atoms with E-state index in [0.717, 1.165) is 19.6 Å². The molecule has 1 N–H and O–H groups in total. The molecule has 1 aromatic rings. The first-order valence-electron chi connectivity index (χ1n) is 5.70. The first-order valence-corrected chi connectivity index (χ1v) is 5.70. The van der Waals surface area contributed by atoms with Crippen LogP contribution in [0.4, 0.5) is 0 Å². The molecule has 1 aliphatic rings. The lowest BCUT2D eigenvalue weighted by Gasteiger charge is -2.35. The van der Waals surface area contributed by atoms with Crippen molar-refractivity contribution in [3.63, 3.8) is 0 Å². The second-order valence-electron chi connectivity index (χ2n) is 4.25. The molecule has 0 radical (unpaired) electrons. The van der Waals surface area contributed by atoms with Crippen molar-refractivity contribution < 1.29 is 4.79 Å². The Morgan fingerprint density at radius 2 is 2.22 bits per heavy atom. The van der Waals surface area contributed by atoms with Gasteiger partial charge in [-0.25, -0.2) is 0 Å². The molecular formula is C11H20Cl2N4O. The number of piperazine rings is 1. The Balaban J connectivity index is 0.00000144. The number of hydrogen-bond acceptors (Lipinski definition) is 3. The molecule has 0 aromatic carbocycles. The van der Waals surface area contributed by atoms with Crippen molar-refractivity contribution in [3.8, 4) is 0 Å². The van der Waals surface area contributed by atoms with Crippen molar-refractivity contribution in [2.24, 2.45) is 0 Å². The zero-order chi connectivity index (χ0) is 11.5. The molecule has 7 heteroatoms. The molecule has 18 heavy (non-hydrogen) atoms. The van der Waals surface area contributed by atoms with Crippen molar-refractivity contribution in [3.05, 3.63) is 18.5 Å². The van der Waals surface area contributed by atoms with Gasteiger partial charge >= 0.3 is 0 Å². The summed E-state index contributed by atoms with van der Waals surface area (Å²) in [6.07, 6.45) is 3.53. The van der Waals surface area contributed by atoms with E-state index in [4.69, 9.17) is 0 Å². The Labute approximate surface area is 120 Å². The Morgan fingerprint density at radius 1 is 1.50 bits per heavy atom. The number of nitrogens with zero attached hydrogens (tertiary/aromatic N) is 3. The molecule has 2 atom stereocenters. The standard InChI is InChI=1S/C11H18N4O.2ClH/c1-9-8-12-5-7-14(9)11(16)10(2)15-6-3-4-13-15;;/h3-4,6,9-10,12H,5,7-8H2,1-2H3;2*1H/t9-,10?;;/m1../s1. The smallest absolute Gasteiger partial charge is 0.247 e. The van der Waals surface area contributed by atoms with Crippen LogP contribution >= 0.6 is 24.8 Å². The number of amides is 1. The maximum atomic E-state index is 12.2. The molecule has 0 bridgehead atoms. The number of carbonyl (C=O) groups is 1. The topological polar surface area (TPSA) is 50.2 Å². The molecule has 2 heterocycles. The molecule has 0 spiro atoms. The van der Waals surface area contributed by atoms with Crippen molar-refractivity contribution >= 4 is 30.7 Å². The van der Waals surface area contributed by atoms with Crippen LogP contribution < -0.4 is 5.32 Å². The second kappa shape index (κ2) is 7.61. The van der Waals surface area contributed by atoms with Gasteiger partial charge in [0, 0.05) is 38.1 Å². The molecule has 1 amide bonds. The highest BCUT2D eigenvalue weighted by Crippen LogP contribution is 2.12. The number of rotatable bonds is 2. The Kier molecular flexibility index (Phi) is 7.28. The summed E-state index contributed by atoms with van der Waals surface area (Å²) >= 11 is 0. The largest absolute Gasteiger partial charge is 0.336 e. The van der Waals surface area contributed by atoms with Crippen LogP contribution in [-0.4, -0.2) is 46.3 Å². The van der Waals surface area contributed by atoms with E-state index >= 15 is 0 Å². The van der Waals surface area contributed by atoms with Crippen LogP contribution in [-0.2, 0) is 4.79 Å². The predicted octanol–water partition coefficient (Wildman–Crippen LogP) is 1.11. The predicted molar refractivity (Wildman–Crippen MR) is 75.5 cm³/mol. The van der Waals surface area contributed by atoms with Crippen LogP contribution in [0.3, 0.4) is 0 Å². The summed E-state index contributed by atoms with van der Waals surface area (Å²) in [5, 5.41) is 7.39. The average Bonchev–Trinajstić information content (AvgIpc) is 2.81. The fourth-order valence-corrected chi connectivity index (χ4v) is 2.03. The number of hydrogen-bond donors (Lipinski definition) is 1. The summed E-state index contributed by atoms with van der Waals surface area (Å²) in [7, 11) is 0. The van der Waals surface area contributed by atoms with Crippen LogP contribution in [0.1, 0.15) is 19.9 Å². The molecule has 1 aliphatic heterocycles. The van der Waals surface area contributed by atoms with Crippen LogP contribution in [0.2, 0.25) is 0 Å². The lowest BCUT2D eigenvalue weighted by Crippen LogP contribution is -2.53. The van der Waals surface area contributed by atoms with Crippen molar-refractivity contribution in [1.29, 1.82) is 0 Å². The third kappa shape index (κ3) is 3.60. The van der Waals surface area contributed by atoms with Gasteiger partial charge in [-0.05, 0) is 19.9 Å². The van der Waals surface area contributed by atoms with E-state index in [0.29, 0.717) is 0 Å². The average molecular weight is 295 g/mol. The zero-order valence-electron chi connectivity index (χ0n) is 10.6. The molecule has 1 saturated heterocycles. The highest BCUT2D eigenvalue weighted by Gasteiger charge is 2.27. The van der Waals surface area contributed by atoms with Gasteiger partial charge in [-0.15, -0.1) is 24.8 Å². The Bertz CT molecular complexity index is 358. The van der Waals surface area contributed by atoms with Gasteiger partial charge in [0.15, 0.2) is 0 Å². The summed E-state index contributed by atoms with van der Waals surface area (Å²) in [6, 6.07) is 1.89. The minimum absolute atomic E-state index is 0. The van der Waals surface area contributed by atoms with Crippen LogP contribution in [0.5, 0.6) is 0 Å². The Morgan fingerprint density at radius 3 is 2.78 bits per heavy atom. The van der Waals surface area contributed by atoms with Gasteiger partial charge in [0.2, 0.25) is 5.91 Å². The lowest BCUT2D eigenvalue weighted by atomic mass is 10.2. The van der Waals surface area contributed by atoms with E-state index in [1.54, 1.807) is 10.9 Å². The molecule has 0 saturated carbocycles. The lowest BCUT2D eigenvalue weighted by molar-refractivity contribution is -0.137.